The number of nitrogens with one attached hydrogen (secondary N) is 2. The summed E-state index contributed by atoms with van der Waals surface area (Å²) in [7, 11) is -2.62. The summed E-state index contributed by atoms with van der Waals surface area (Å²) in [4.78, 5) is 14.7. The van der Waals surface area contributed by atoms with E-state index >= 15 is 0 Å². The van der Waals surface area contributed by atoms with E-state index < -0.39 is 15.9 Å². The van der Waals surface area contributed by atoms with Gasteiger partial charge in [0.25, 0.3) is 0 Å². The number of anilines is 3. The summed E-state index contributed by atoms with van der Waals surface area (Å²) in [6, 6.07) is 0. The van der Waals surface area contributed by atoms with Gasteiger partial charge in [0.05, 0.1) is 15.9 Å². The molecule has 0 unspecified atom stereocenters. The van der Waals surface area contributed by atoms with E-state index in [9.17, 15) is 13.0 Å². The average Bonchev–Trinajstić information content (AvgIpc) is 2.65. The molecule has 0 fully saturated rings. The smallest absolute Gasteiger partial charge is 0.748 e. The third-order valence-electron chi connectivity index (χ3n) is 4.27. The fraction of sp³-hybridized carbons (Fsp3) is 0.833. The van der Waals surface area contributed by atoms with Gasteiger partial charge in [-0.1, -0.05) is 52.4 Å². The molecule has 0 spiro atoms. The van der Waals surface area contributed by atoms with Gasteiger partial charge in [-0.15, -0.1) is 0 Å². The van der Waals surface area contributed by atoms with Crippen molar-refractivity contribution in [2.75, 3.05) is 48.0 Å². The van der Waals surface area contributed by atoms with Crippen molar-refractivity contribution in [1.29, 1.82) is 0 Å². The van der Waals surface area contributed by atoms with Crippen LogP contribution in [0.5, 0.6) is 0 Å². The van der Waals surface area contributed by atoms with Crippen LogP contribution in [-0.4, -0.2) is 60.4 Å². The maximum Gasteiger partial charge on any atom is 1.00 e. The maximum absolute atomic E-state index is 10.9. The van der Waals surface area contributed by atoms with Crippen molar-refractivity contribution >= 4 is 28.0 Å². The van der Waals surface area contributed by atoms with Gasteiger partial charge in [0, 0.05) is 26.7 Å². The second-order valence-electron chi connectivity index (χ2n) is 6.94. The molecule has 29 heavy (non-hydrogen) atoms. The molecule has 0 aromatic carbocycles. The largest absolute Gasteiger partial charge is 1.00 e. The molecule has 0 saturated carbocycles. The van der Waals surface area contributed by atoms with Crippen LogP contribution in [0.4, 0.5) is 17.8 Å². The van der Waals surface area contributed by atoms with E-state index in [1.807, 2.05) is 0 Å². The van der Waals surface area contributed by atoms with Gasteiger partial charge in [-0.3, -0.25) is 0 Å². The Balaban J connectivity index is 0.00000784. The SMILES string of the molecule is CCCCCCNc1nc(NCCCCCC)nc(N(C)CCS(=O)(=O)[O-])n1.[Na+]. The Morgan fingerprint density at radius 1 is 0.862 bits per heavy atom. The maximum atomic E-state index is 10.9. The molecule has 1 rings (SSSR count). The zero-order valence-electron chi connectivity index (χ0n) is 18.4. The van der Waals surface area contributed by atoms with E-state index in [1.54, 1.807) is 11.9 Å². The van der Waals surface area contributed by atoms with Gasteiger partial charge in [0.15, 0.2) is 0 Å². The number of aromatic nitrogens is 3. The third kappa shape index (κ3) is 14.0. The third-order valence-corrected chi connectivity index (χ3v) is 4.95. The van der Waals surface area contributed by atoms with Crippen LogP contribution in [0.3, 0.4) is 0 Å². The average molecular weight is 439 g/mol. The molecule has 0 saturated heterocycles. The normalized spacial score (nSPS) is 11.0. The summed E-state index contributed by atoms with van der Waals surface area (Å²) >= 11 is 0. The monoisotopic (exact) mass is 438 g/mol. The molecule has 9 nitrogen and oxygen atoms in total. The number of hydrogen-bond acceptors (Lipinski definition) is 9. The first-order chi connectivity index (χ1) is 13.4. The summed E-state index contributed by atoms with van der Waals surface area (Å²) in [5, 5.41) is 6.43. The van der Waals surface area contributed by atoms with Crippen LogP contribution in [-0.2, 0) is 10.1 Å². The first-order valence-corrected chi connectivity index (χ1v) is 11.8. The second-order valence-corrected chi connectivity index (χ2v) is 8.46. The Kier molecular flexibility index (Phi) is 15.7. The van der Waals surface area contributed by atoms with Crippen LogP contribution in [0.15, 0.2) is 0 Å². The van der Waals surface area contributed by atoms with Crippen molar-refractivity contribution in [3.05, 3.63) is 0 Å². The van der Waals surface area contributed by atoms with Crippen LogP contribution in [0.1, 0.15) is 65.2 Å². The number of nitrogens with zero attached hydrogens (tertiary/aromatic N) is 4. The number of hydrogen-bond donors (Lipinski definition) is 2. The van der Waals surface area contributed by atoms with Gasteiger partial charge in [-0.2, -0.15) is 15.0 Å². The fourth-order valence-electron chi connectivity index (χ4n) is 2.55. The molecule has 1 aromatic heterocycles. The quantitative estimate of drug-likeness (QED) is 0.206. The van der Waals surface area contributed by atoms with Crippen LogP contribution in [0.2, 0.25) is 0 Å². The van der Waals surface area contributed by atoms with E-state index in [0.717, 1.165) is 38.8 Å². The summed E-state index contributed by atoms with van der Waals surface area (Å²) in [6.07, 6.45) is 9.08. The standard InChI is InChI=1S/C18H36N6O3S.Na/c1-4-6-8-10-12-19-16-21-17(20-13-11-9-7-5-2)23-18(22-16)24(3)14-15-28(25,26)27;/h4-15H2,1-3H3,(H,25,26,27)(H2,19,20,21,22,23);/q;+1/p-1. The zero-order chi connectivity index (χ0) is 20.8. The molecule has 1 heterocycles. The van der Waals surface area contributed by atoms with Crippen LogP contribution < -0.4 is 45.1 Å². The van der Waals surface area contributed by atoms with E-state index in [2.05, 4.69) is 39.4 Å². The van der Waals surface area contributed by atoms with Crippen molar-refractivity contribution in [3.8, 4) is 0 Å². The zero-order valence-corrected chi connectivity index (χ0v) is 21.2. The minimum Gasteiger partial charge on any atom is -0.748 e. The van der Waals surface area contributed by atoms with Crippen LogP contribution >= 0.6 is 0 Å². The molecule has 2 N–H and O–H groups in total. The molecular weight excluding hydrogens is 403 g/mol. The van der Waals surface area contributed by atoms with E-state index in [-0.39, 0.29) is 36.1 Å². The van der Waals surface area contributed by atoms with Gasteiger partial charge in [0.1, 0.15) is 0 Å². The molecule has 0 aliphatic carbocycles. The van der Waals surface area contributed by atoms with Gasteiger partial charge in [-0.05, 0) is 12.8 Å². The van der Waals surface area contributed by atoms with Gasteiger partial charge < -0.3 is 20.1 Å². The van der Waals surface area contributed by atoms with Crippen molar-refractivity contribution in [2.24, 2.45) is 0 Å². The Morgan fingerprint density at radius 3 is 1.76 bits per heavy atom. The molecule has 0 radical (unpaired) electrons. The van der Waals surface area contributed by atoms with Crippen molar-refractivity contribution < 1.29 is 42.5 Å². The topological polar surface area (TPSA) is 123 Å². The summed E-state index contributed by atoms with van der Waals surface area (Å²) in [5.74, 6) is 0.754. The number of unbranched alkanes of at least 4 members (excludes halogenated alkanes) is 6. The molecule has 11 heteroatoms. The molecule has 1 aromatic rings. The second kappa shape index (κ2) is 16.1. The molecule has 0 bridgehead atoms. The van der Waals surface area contributed by atoms with Crippen molar-refractivity contribution in [2.45, 2.75) is 65.2 Å². The first kappa shape index (κ1) is 28.3. The molecule has 0 atom stereocenters. The van der Waals surface area contributed by atoms with E-state index in [0.29, 0.717) is 17.8 Å². The van der Waals surface area contributed by atoms with Crippen molar-refractivity contribution in [1.82, 2.24) is 15.0 Å². The minimum absolute atomic E-state index is 0. The van der Waals surface area contributed by atoms with Crippen molar-refractivity contribution in [3.63, 3.8) is 0 Å². The van der Waals surface area contributed by atoms with Crippen LogP contribution in [0, 0.1) is 0 Å². The first-order valence-electron chi connectivity index (χ1n) is 10.2. The van der Waals surface area contributed by atoms with E-state index in [1.165, 1.54) is 25.7 Å². The minimum atomic E-state index is -4.29. The summed E-state index contributed by atoms with van der Waals surface area (Å²) in [5.41, 5.74) is 0. The van der Waals surface area contributed by atoms with Gasteiger partial charge >= 0.3 is 29.6 Å². The van der Waals surface area contributed by atoms with Gasteiger partial charge in [-0.25, -0.2) is 8.42 Å². The molecule has 0 aliphatic heterocycles. The predicted molar refractivity (Wildman–Crippen MR) is 113 cm³/mol. The Hall–Kier alpha value is -0.680. The molecular formula is C18H35N6NaO3S. The van der Waals surface area contributed by atoms with Crippen LogP contribution in [0.25, 0.3) is 0 Å². The molecule has 0 amide bonds. The molecule has 162 valence electrons. The fourth-order valence-corrected chi connectivity index (χ4v) is 3.04. The van der Waals surface area contributed by atoms with E-state index in [4.69, 9.17) is 0 Å². The van der Waals surface area contributed by atoms with Gasteiger partial charge in [0.2, 0.25) is 17.8 Å². The summed E-state index contributed by atoms with van der Waals surface area (Å²) < 4.78 is 32.7. The Labute approximate surface area is 197 Å². The molecule has 0 aliphatic rings. The number of rotatable bonds is 16. The predicted octanol–water partition coefficient (Wildman–Crippen LogP) is -0.159. The summed E-state index contributed by atoms with van der Waals surface area (Å²) in [6.45, 7) is 5.89. The Morgan fingerprint density at radius 2 is 1.34 bits per heavy atom. The Bertz CT molecular complexity index is 631.